The maximum absolute atomic E-state index is 12.0. The molecule has 2 rings (SSSR count). The molecule has 1 atom stereocenters. The van der Waals surface area contributed by atoms with Crippen LogP contribution in [-0.4, -0.2) is 52.5 Å². The smallest absolute Gasteiger partial charge is 0.239 e. The lowest BCUT2D eigenvalue weighted by Gasteiger charge is -2.23. The Morgan fingerprint density at radius 3 is 2.95 bits per heavy atom. The number of amides is 1. The minimum absolute atomic E-state index is 0.0310. The van der Waals surface area contributed by atoms with Crippen molar-refractivity contribution in [2.24, 2.45) is 0 Å². The summed E-state index contributed by atoms with van der Waals surface area (Å²) in [4.78, 5) is 12.0. The number of benzene rings is 1. The van der Waals surface area contributed by atoms with Crippen molar-refractivity contribution in [3.05, 3.63) is 23.8 Å². The summed E-state index contributed by atoms with van der Waals surface area (Å²) in [6.07, 6.45) is 0.680. The van der Waals surface area contributed by atoms with Gasteiger partial charge in [-0.3, -0.25) is 4.79 Å². The zero-order chi connectivity index (χ0) is 15.1. The lowest BCUT2D eigenvalue weighted by Crippen LogP contribution is -2.51. The Bertz CT molecular complexity index is 473. The maximum Gasteiger partial charge on any atom is 0.239 e. The summed E-state index contributed by atoms with van der Waals surface area (Å²) in [5.74, 6) is 1.54. The minimum Gasteiger partial charge on any atom is -0.497 e. The number of ether oxygens (including phenoxy) is 3. The van der Waals surface area contributed by atoms with Crippen molar-refractivity contribution < 1.29 is 19.0 Å². The number of methoxy groups -OCH3 is 2. The average Bonchev–Trinajstić information content (AvgIpc) is 2.55. The lowest BCUT2D eigenvalue weighted by molar-refractivity contribution is -0.125. The fourth-order valence-electron chi connectivity index (χ4n) is 2.25. The molecule has 0 radical (unpaired) electrons. The molecule has 21 heavy (non-hydrogen) atoms. The van der Waals surface area contributed by atoms with Gasteiger partial charge >= 0.3 is 0 Å². The fourth-order valence-corrected chi connectivity index (χ4v) is 2.25. The van der Waals surface area contributed by atoms with Gasteiger partial charge < -0.3 is 24.8 Å². The van der Waals surface area contributed by atoms with Crippen molar-refractivity contribution in [1.29, 1.82) is 0 Å². The van der Waals surface area contributed by atoms with E-state index < -0.39 is 0 Å². The Labute approximate surface area is 124 Å². The van der Waals surface area contributed by atoms with E-state index in [0.717, 1.165) is 17.1 Å². The third-order valence-electron chi connectivity index (χ3n) is 3.42. The third-order valence-corrected chi connectivity index (χ3v) is 3.42. The summed E-state index contributed by atoms with van der Waals surface area (Å²) in [5.41, 5.74) is 1.00. The summed E-state index contributed by atoms with van der Waals surface area (Å²) in [5, 5.41) is 6.04. The maximum atomic E-state index is 12.0. The number of hydrogen-bond acceptors (Lipinski definition) is 5. The average molecular weight is 294 g/mol. The molecule has 6 nitrogen and oxygen atoms in total. The molecule has 0 aromatic heterocycles. The third kappa shape index (κ3) is 4.34. The molecule has 1 unspecified atom stereocenters. The van der Waals surface area contributed by atoms with E-state index in [2.05, 4.69) is 10.6 Å². The van der Waals surface area contributed by atoms with Gasteiger partial charge in [0.05, 0.1) is 27.4 Å². The van der Waals surface area contributed by atoms with Crippen molar-refractivity contribution >= 4 is 5.91 Å². The second-order valence-corrected chi connectivity index (χ2v) is 4.80. The molecular formula is C15H22N2O4. The van der Waals surface area contributed by atoms with Crippen molar-refractivity contribution in [3.8, 4) is 11.5 Å². The van der Waals surface area contributed by atoms with Crippen LogP contribution in [0.15, 0.2) is 18.2 Å². The first-order chi connectivity index (χ1) is 10.2. The first kappa shape index (κ1) is 15.6. The van der Waals surface area contributed by atoms with Crippen molar-refractivity contribution in [1.82, 2.24) is 10.6 Å². The molecular weight excluding hydrogens is 272 g/mol. The molecule has 1 saturated heterocycles. The molecule has 0 aliphatic carbocycles. The SMILES string of the molecule is COc1ccc(OC)c(CCNC(=O)C2COCCN2)c1. The molecule has 0 saturated carbocycles. The van der Waals surface area contributed by atoms with Crippen molar-refractivity contribution in [2.75, 3.05) is 40.5 Å². The molecule has 1 heterocycles. The molecule has 1 aliphatic heterocycles. The Hall–Kier alpha value is -1.79. The monoisotopic (exact) mass is 294 g/mol. The van der Waals surface area contributed by atoms with Crippen LogP contribution in [0.2, 0.25) is 0 Å². The predicted molar refractivity (Wildman–Crippen MR) is 78.9 cm³/mol. The molecule has 1 fully saturated rings. The molecule has 6 heteroatoms. The van der Waals surface area contributed by atoms with Gasteiger partial charge in [-0.05, 0) is 30.2 Å². The van der Waals surface area contributed by atoms with E-state index in [1.54, 1.807) is 14.2 Å². The summed E-state index contributed by atoms with van der Waals surface area (Å²) >= 11 is 0. The topological polar surface area (TPSA) is 68.8 Å². The van der Waals surface area contributed by atoms with E-state index in [1.807, 2.05) is 18.2 Å². The van der Waals surface area contributed by atoms with Gasteiger partial charge in [-0.15, -0.1) is 0 Å². The van der Waals surface area contributed by atoms with Gasteiger partial charge in [0.15, 0.2) is 0 Å². The van der Waals surface area contributed by atoms with Crippen LogP contribution in [0.5, 0.6) is 11.5 Å². The van der Waals surface area contributed by atoms with E-state index in [9.17, 15) is 4.79 Å². The van der Waals surface area contributed by atoms with Crippen LogP contribution in [0.3, 0.4) is 0 Å². The van der Waals surface area contributed by atoms with E-state index in [1.165, 1.54) is 0 Å². The number of nitrogens with one attached hydrogen (secondary N) is 2. The van der Waals surface area contributed by atoms with Crippen molar-refractivity contribution in [2.45, 2.75) is 12.5 Å². The van der Waals surface area contributed by atoms with Crippen LogP contribution >= 0.6 is 0 Å². The van der Waals surface area contributed by atoms with Gasteiger partial charge in [-0.1, -0.05) is 0 Å². The van der Waals surface area contributed by atoms with Gasteiger partial charge in [0.1, 0.15) is 17.5 Å². The van der Waals surface area contributed by atoms with Crippen LogP contribution in [-0.2, 0) is 16.0 Å². The van der Waals surface area contributed by atoms with Crippen molar-refractivity contribution in [3.63, 3.8) is 0 Å². The zero-order valence-corrected chi connectivity index (χ0v) is 12.5. The van der Waals surface area contributed by atoms with Gasteiger partial charge in [0, 0.05) is 13.1 Å². The summed E-state index contributed by atoms with van der Waals surface area (Å²) in [7, 11) is 3.26. The molecule has 0 spiro atoms. The first-order valence-electron chi connectivity index (χ1n) is 7.04. The van der Waals surface area contributed by atoms with Gasteiger partial charge in [-0.25, -0.2) is 0 Å². The second-order valence-electron chi connectivity index (χ2n) is 4.80. The van der Waals surface area contributed by atoms with E-state index >= 15 is 0 Å². The second kappa shape index (κ2) is 7.85. The molecule has 116 valence electrons. The van der Waals surface area contributed by atoms with E-state index in [0.29, 0.717) is 32.7 Å². The Kier molecular flexibility index (Phi) is 5.83. The summed E-state index contributed by atoms with van der Waals surface area (Å²) < 4.78 is 15.8. The number of hydrogen-bond donors (Lipinski definition) is 2. The molecule has 1 aliphatic rings. The number of carbonyl (C=O) groups excluding carboxylic acids is 1. The van der Waals surface area contributed by atoms with Crippen LogP contribution < -0.4 is 20.1 Å². The summed E-state index contributed by atoms with van der Waals surface area (Å²) in [6.45, 7) is 2.33. The van der Waals surface area contributed by atoms with Gasteiger partial charge in [0.25, 0.3) is 0 Å². The normalized spacial score (nSPS) is 18.1. The highest BCUT2D eigenvalue weighted by Gasteiger charge is 2.20. The molecule has 2 N–H and O–H groups in total. The van der Waals surface area contributed by atoms with Crippen LogP contribution in [0, 0.1) is 0 Å². The minimum atomic E-state index is -0.258. The highest BCUT2D eigenvalue weighted by Crippen LogP contribution is 2.24. The van der Waals surface area contributed by atoms with E-state index in [-0.39, 0.29) is 11.9 Å². The molecule has 1 aromatic rings. The van der Waals surface area contributed by atoms with Crippen LogP contribution in [0.25, 0.3) is 0 Å². The zero-order valence-electron chi connectivity index (χ0n) is 12.5. The van der Waals surface area contributed by atoms with Crippen LogP contribution in [0.4, 0.5) is 0 Å². The highest BCUT2D eigenvalue weighted by atomic mass is 16.5. The number of carbonyl (C=O) groups is 1. The highest BCUT2D eigenvalue weighted by molar-refractivity contribution is 5.82. The lowest BCUT2D eigenvalue weighted by atomic mass is 10.1. The molecule has 1 amide bonds. The van der Waals surface area contributed by atoms with E-state index in [4.69, 9.17) is 14.2 Å². The summed E-state index contributed by atoms with van der Waals surface area (Å²) in [6, 6.07) is 5.38. The van der Waals surface area contributed by atoms with Gasteiger partial charge in [0.2, 0.25) is 5.91 Å². The Balaban J connectivity index is 1.86. The molecule has 1 aromatic carbocycles. The largest absolute Gasteiger partial charge is 0.497 e. The standard InChI is InChI=1S/C15H22N2O4/c1-19-12-3-4-14(20-2)11(9-12)5-6-17-15(18)13-10-21-8-7-16-13/h3-4,9,13,16H,5-8,10H2,1-2H3,(H,17,18). The molecule has 0 bridgehead atoms. The quantitative estimate of drug-likeness (QED) is 0.792. The van der Waals surface area contributed by atoms with Gasteiger partial charge in [-0.2, -0.15) is 0 Å². The fraction of sp³-hybridized carbons (Fsp3) is 0.533. The Morgan fingerprint density at radius 1 is 1.43 bits per heavy atom. The van der Waals surface area contributed by atoms with Crippen LogP contribution in [0.1, 0.15) is 5.56 Å². The number of morpholine rings is 1. The Morgan fingerprint density at radius 2 is 2.29 bits per heavy atom. The first-order valence-corrected chi connectivity index (χ1v) is 7.04. The number of rotatable bonds is 6. The predicted octanol–water partition coefficient (Wildman–Crippen LogP) is 0.351.